The van der Waals surface area contributed by atoms with Crippen molar-refractivity contribution in [2.24, 2.45) is 0 Å². The molecule has 2 aromatic carbocycles. The van der Waals surface area contributed by atoms with Crippen molar-refractivity contribution in [3.8, 4) is 5.69 Å². The van der Waals surface area contributed by atoms with Crippen molar-refractivity contribution in [1.82, 2.24) is 15.1 Å². The number of hydrogen-bond acceptors (Lipinski definition) is 2. The summed E-state index contributed by atoms with van der Waals surface area (Å²) in [5, 5.41) is 7.78. The van der Waals surface area contributed by atoms with Gasteiger partial charge in [0.15, 0.2) is 0 Å². The van der Waals surface area contributed by atoms with Gasteiger partial charge in [0.1, 0.15) is 0 Å². The quantitative estimate of drug-likeness (QED) is 0.793. The molecule has 0 radical (unpaired) electrons. The molecule has 0 bridgehead atoms. The molecule has 0 unspecified atom stereocenters. The Hall–Kier alpha value is -2.59. The summed E-state index contributed by atoms with van der Waals surface area (Å²) < 4.78 is 1.65. The summed E-state index contributed by atoms with van der Waals surface area (Å²) in [6, 6.07) is 15.3. The number of amides is 1. The average molecular weight is 326 g/mol. The fourth-order valence-corrected chi connectivity index (χ4v) is 2.29. The van der Waals surface area contributed by atoms with Crippen LogP contribution in [0.4, 0.5) is 0 Å². The van der Waals surface area contributed by atoms with Gasteiger partial charge in [-0.05, 0) is 36.8 Å². The van der Waals surface area contributed by atoms with E-state index in [1.54, 1.807) is 29.2 Å². The van der Waals surface area contributed by atoms with Crippen molar-refractivity contribution < 1.29 is 4.79 Å². The lowest BCUT2D eigenvalue weighted by Gasteiger charge is -2.04. The van der Waals surface area contributed by atoms with Gasteiger partial charge in [0.2, 0.25) is 0 Å². The monoisotopic (exact) mass is 325 g/mol. The van der Waals surface area contributed by atoms with Gasteiger partial charge in [0.25, 0.3) is 5.91 Å². The van der Waals surface area contributed by atoms with Gasteiger partial charge in [-0.15, -0.1) is 0 Å². The van der Waals surface area contributed by atoms with Gasteiger partial charge in [-0.3, -0.25) is 4.79 Å². The van der Waals surface area contributed by atoms with Gasteiger partial charge < -0.3 is 5.32 Å². The van der Waals surface area contributed by atoms with Crippen LogP contribution in [-0.2, 0) is 6.54 Å². The molecule has 116 valence electrons. The van der Waals surface area contributed by atoms with E-state index in [2.05, 4.69) is 10.4 Å². The van der Waals surface area contributed by atoms with Crippen LogP contribution in [0.5, 0.6) is 0 Å². The van der Waals surface area contributed by atoms with Crippen molar-refractivity contribution in [2.75, 3.05) is 0 Å². The van der Waals surface area contributed by atoms with Crippen LogP contribution in [0.25, 0.3) is 5.69 Å². The average Bonchev–Trinajstić information content (AvgIpc) is 3.05. The Labute approximate surface area is 139 Å². The van der Waals surface area contributed by atoms with Crippen LogP contribution >= 0.6 is 11.6 Å². The van der Waals surface area contributed by atoms with Gasteiger partial charge >= 0.3 is 0 Å². The third-order valence-electron chi connectivity index (χ3n) is 3.51. The van der Waals surface area contributed by atoms with Gasteiger partial charge in [-0.2, -0.15) is 5.10 Å². The minimum absolute atomic E-state index is 0.147. The van der Waals surface area contributed by atoms with Crippen LogP contribution in [0.1, 0.15) is 21.5 Å². The molecular formula is C18H16ClN3O. The normalized spacial score (nSPS) is 10.5. The number of nitrogens with zero attached hydrogens (tertiary/aromatic N) is 2. The molecular weight excluding hydrogens is 310 g/mol. The minimum atomic E-state index is -0.147. The van der Waals surface area contributed by atoms with Crippen LogP contribution < -0.4 is 5.32 Å². The van der Waals surface area contributed by atoms with E-state index >= 15 is 0 Å². The van der Waals surface area contributed by atoms with E-state index in [0.29, 0.717) is 17.1 Å². The molecule has 4 nitrogen and oxygen atoms in total. The topological polar surface area (TPSA) is 46.9 Å². The van der Waals surface area contributed by atoms with E-state index in [4.69, 9.17) is 11.6 Å². The number of carbonyl (C=O) groups excluding carboxylic acids is 1. The van der Waals surface area contributed by atoms with E-state index in [-0.39, 0.29) is 5.91 Å². The highest BCUT2D eigenvalue weighted by molar-refractivity contribution is 6.30. The summed E-state index contributed by atoms with van der Waals surface area (Å²) in [6.07, 6.45) is 3.26. The minimum Gasteiger partial charge on any atom is -0.348 e. The molecule has 0 fully saturated rings. The second-order valence-electron chi connectivity index (χ2n) is 5.32. The van der Waals surface area contributed by atoms with E-state index in [9.17, 15) is 4.79 Å². The summed E-state index contributed by atoms with van der Waals surface area (Å²) in [5.41, 5.74) is 3.64. The molecule has 23 heavy (non-hydrogen) atoms. The Morgan fingerprint density at radius 2 is 1.83 bits per heavy atom. The smallest absolute Gasteiger partial charge is 0.254 e. The van der Waals surface area contributed by atoms with Crippen LogP contribution in [0.2, 0.25) is 5.02 Å². The molecule has 3 rings (SSSR count). The second kappa shape index (κ2) is 6.67. The molecule has 0 saturated heterocycles. The number of rotatable bonds is 4. The third-order valence-corrected chi connectivity index (χ3v) is 3.76. The Kier molecular flexibility index (Phi) is 4.44. The lowest BCUT2D eigenvalue weighted by atomic mass is 10.1. The number of nitrogens with one attached hydrogen (secondary N) is 1. The highest BCUT2D eigenvalue weighted by Gasteiger charge is 2.09. The molecule has 1 amide bonds. The second-order valence-corrected chi connectivity index (χ2v) is 5.75. The molecule has 1 N–H and O–H groups in total. The van der Waals surface area contributed by atoms with E-state index < -0.39 is 0 Å². The molecule has 5 heteroatoms. The highest BCUT2D eigenvalue weighted by Crippen LogP contribution is 2.13. The Bertz CT molecular complexity index is 807. The van der Waals surface area contributed by atoms with Crippen LogP contribution in [0.15, 0.2) is 60.9 Å². The molecule has 1 aromatic heterocycles. The van der Waals surface area contributed by atoms with Crippen molar-refractivity contribution in [2.45, 2.75) is 13.5 Å². The summed E-state index contributed by atoms with van der Waals surface area (Å²) in [5.74, 6) is -0.147. The van der Waals surface area contributed by atoms with Crippen LogP contribution in [0.3, 0.4) is 0 Å². The molecule has 0 atom stereocenters. The molecule has 0 spiro atoms. The molecule has 0 aliphatic heterocycles. The first-order valence-corrected chi connectivity index (χ1v) is 7.64. The Morgan fingerprint density at radius 1 is 1.13 bits per heavy atom. The number of aromatic nitrogens is 2. The first kappa shape index (κ1) is 15.3. The lowest BCUT2D eigenvalue weighted by Crippen LogP contribution is -2.22. The highest BCUT2D eigenvalue weighted by atomic mass is 35.5. The Balaban J connectivity index is 1.66. The summed E-state index contributed by atoms with van der Waals surface area (Å²) in [7, 11) is 0. The SMILES string of the molecule is Cc1ccc(CNC(=O)c2cnn(-c3ccc(Cl)cc3)c2)cc1. The zero-order chi connectivity index (χ0) is 16.2. The van der Waals surface area contributed by atoms with Gasteiger partial charge in [-0.1, -0.05) is 41.4 Å². The van der Waals surface area contributed by atoms with Crippen LogP contribution in [-0.4, -0.2) is 15.7 Å². The zero-order valence-electron chi connectivity index (χ0n) is 12.7. The molecule has 0 aliphatic rings. The fraction of sp³-hybridized carbons (Fsp3) is 0.111. The number of hydrogen-bond donors (Lipinski definition) is 1. The summed E-state index contributed by atoms with van der Waals surface area (Å²) in [6.45, 7) is 2.53. The van der Waals surface area contributed by atoms with E-state index in [0.717, 1.165) is 11.3 Å². The molecule has 0 saturated carbocycles. The largest absolute Gasteiger partial charge is 0.348 e. The predicted molar refractivity (Wildman–Crippen MR) is 90.9 cm³/mol. The van der Waals surface area contributed by atoms with Gasteiger partial charge in [0, 0.05) is 17.8 Å². The number of halogens is 1. The van der Waals surface area contributed by atoms with Crippen molar-refractivity contribution >= 4 is 17.5 Å². The zero-order valence-corrected chi connectivity index (χ0v) is 13.4. The molecule has 3 aromatic rings. The molecule has 0 aliphatic carbocycles. The summed E-state index contributed by atoms with van der Waals surface area (Å²) >= 11 is 5.87. The Morgan fingerprint density at radius 3 is 2.52 bits per heavy atom. The maximum atomic E-state index is 12.2. The third kappa shape index (κ3) is 3.79. The standard InChI is InChI=1S/C18H16ClN3O/c1-13-2-4-14(5-3-13)10-20-18(23)15-11-21-22(12-15)17-8-6-16(19)7-9-17/h2-9,11-12H,10H2,1H3,(H,20,23). The van der Waals surface area contributed by atoms with Crippen molar-refractivity contribution in [1.29, 1.82) is 0 Å². The summed E-state index contributed by atoms with van der Waals surface area (Å²) in [4.78, 5) is 12.2. The van der Waals surface area contributed by atoms with Crippen molar-refractivity contribution in [3.63, 3.8) is 0 Å². The molecule has 1 heterocycles. The number of benzene rings is 2. The van der Waals surface area contributed by atoms with Crippen molar-refractivity contribution in [3.05, 3.63) is 82.6 Å². The number of aryl methyl sites for hydroxylation is 1. The number of carbonyl (C=O) groups is 1. The first-order valence-electron chi connectivity index (χ1n) is 7.26. The van der Waals surface area contributed by atoms with Gasteiger partial charge in [0.05, 0.1) is 17.4 Å². The predicted octanol–water partition coefficient (Wildman–Crippen LogP) is 3.76. The van der Waals surface area contributed by atoms with Crippen LogP contribution in [0, 0.1) is 6.92 Å². The van der Waals surface area contributed by atoms with E-state index in [1.807, 2.05) is 43.3 Å². The lowest BCUT2D eigenvalue weighted by molar-refractivity contribution is 0.0951. The maximum absolute atomic E-state index is 12.2. The van der Waals surface area contributed by atoms with E-state index in [1.165, 1.54) is 5.56 Å². The maximum Gasteiger partial charge on any atom is 0.254 e. The fourth-order valence-electron chi connectivity index (χ4n) is 2.17. The first-order chi connectivity index (χ1) is 11.1. The van der Waals surface area contributed by atoms with Gasteiger partial charge in [-0.25, -0.2) is 4.68 Å².